The summed E-state index contributed by atoms with van der Waals surface area (Å²) in [4.78, 5) is 12.6. The molecule has 0 saturated heterocycles. The van der Waals surface area contributed by atoms with E-state index in [2.05, 4.69) is 22.6 Å². The van der Waals surface area contributed by atoms with Gasteiger partial charge in [-0.15, -0.1) is 0 Å². The molecule has 0 aromatic heterocycles. The van der Waals surface area contributed by atoms with Gasteiger partial charge in [-0.1, -0.05) is 37.1 Å². The third kappa shape index (κ3) is 12.4. The maximum atomic E-state index is 10.4. The monoisotopic (exact) mass is 448 g/mol. The van der Waals surface area contributed by atoms with Gasteiger partial charge in [-0.2, -0.15) is 0 Å². The third-order valence-electron chi connectivity index (χ3n) is 3.13. The number of carbonyl (C=O) groups is 1. The quantitative estimate of drug-likeness (QED) is 0.305. The van der Waals surface area contributed by atoms with Crippen molar-refractivity contribution in [3.8, 4) is 11.5 Å². The molecule has 2 aromatic carbocycles. The van der Waals surface area contributed by atoms with Crippen LogP contribution in [-0.4, -0.2) is 42.2 Å². The number of aliphatic hydroxyl groups is 2. The highest BCUT2D eigenvalue weighted by atomic mass is 32.2. The molecule has 0 fully saturated rings. The molecule has 2 rings (SSSR count). The maximum Gasteiger partial charge on any atom is 0.508 e. The second-order valence-electron chi connectivity index (χ2n) is 5.93. The summed E-state index contributed by atoms with van der Waals surface area (Å²) in [5, 5.41) is 18.3. The minimum atomic E-state index is -0.815. The Bertz CT molecular complexity index is 721. The highest BCUT2D eigenvalue weighted by Crippen LogP contribution is 2.30. The lowest BCUT2D eigenvalue weighted by Crippen LogP contribution is -2.09. The van der Waals surface area contributed by atoms with Crippen LogP contribution in [0.2, 0.25) is 0 Å². The van der Waals surface area contributed by atoms with Crippen molar-refractivity contribution in [1.29, 1.82) is 0 Å². The third-order valence-corrected chi connectivity index (χ3v) is 4.15. The van der Waals surface area contributed by atoms with E-state index in [4.69, 9.17) is 19.7 Å². The number of rotatable bonds is 10. The summed E-state index contributed by atoms with van der Waals surface area (Å²) in [6.45, 7) is 10.2. The van der Waals surface area contributed by atoms with Crippen LogP contribution in [0.1, 0.15) is 13.8 Å². The van der Waals surface area contributed by atoms with Crippen LogP contribution in [0.25, 0.3) is 0 Å². The van der Waals surface area contributed by atoms with E-state index in [1.165, 1.54) is 12.2 Å². The fraction of sp³-hybridized carbons (Fsp3) is 0.261. The number of hydrogen-bond acceptors (Lipinski definition) is 8. The van der Waals surface area contributed by atoms with Gasteiger partial charge in [0, 0.05) is 9.79 Å². The molecule has 0 amide bonds. The first-order valence-electron chi connectivity index (χ1n) is 9.42. The van der Waals surface area contributed by atoms with Crippen molar-refractivity contribution in [2.75, 3.05) is 13.2 Å². The molecule has 0 bridgehead atoms. The van der Waals surface area contributed by atoms with E-state index in [1.807, 2.05) is 48.5 Å². The molecule has 7 nitrogen and oxygen atoms in total. The fourth-order valence-electron chi connectivity index (χ4n) is 2.00. The summed E-state index contributed by atoms with van der Waals surface area (Å²) in [7, 11) is 0. The predicted octanol–water partition coefficient (Wildman–Crippen LogP) is 4.78. The molecule has 31 heavy (non-hydrogen) atoms. The average molecular weight is 449 g/mol. The molecular formula is C23H28O7S. The SMILES string of the molecule is C=CCOC(=O)OCC=C.CC(O)Oc1ccc(Sc2ccc(OC(C)O)cc2)cc1. The zero-order chi connectivity index (χ0) is 23.1. The summed E-state index contributed by atoms with van der Waals surface area (Å²) >= 11 is 1.61. The molecule has 0 radical (unpaired) electrons. The molecule has 2 N–H and O–H groups in total. The van der Waals surface area contributed by atoms with Crippen LogP contribution in [0.15, 0.2) is 83.6 Å². The Hall–Kier alpha value is -2.94. The van der Waals surface area contributed by atoms with E-state index in [1.54, 1.807) is 25.6 Å². The van der Waals surface area contributed by atoms with Crippen molar-refractivity contribution in [1.82, 2.24) is 0 Å². The van der Waals surface area contributed by atoms with E-state index in [0.29, 0.717) is 11.5 Å². The highest BCUT2D eigenvalue weighted by molar-refractivity contribution is 7.99. The molecule has 2 aromatic rings. The van der Waals surface area contributed by atoms with Crippen molar-refractivity contribution < 1.29 is 34.0 Å². The Labute approximate surface area is 186 Å². The first kappa shape index (κ1) is 26.1. The summed E-state index contributed by atoms with van der Waals surface area (Å²) in [5.41, 5.74) is 0. The second-order valence-corrected chi connectivity index (χ2v) is 7.08. The smallest absolute Gasteiger partial charge is 0.465 e. The number of ether oxygens (including phenoxy) is 4. The lowest BCUT2D eigenvalue weighted by molar-refractivity contribution is -0.000906. The van der Waals surface area contributed by atoms with Gasteiger partial charge in [-0.05, 0) is 62.4 Å². The topological polar surface area (TPSA) is 94.5 Å². The molecule has 0 aliphatic carbocycles. The minimum Gasteiger partial charge on any atom is -0.465 e. The van der Waals surface area contributed by atoms with Crippen molar-refractivity contribution in [3.63, 3.8) is 0 Å². The van der Waals surface area contributed by atoms with Crippen LogP contribution >= 0.6 is 11.8 Å². The van der Waals surface area contributed by atoms with Crippen LogP contribution in [0.3, 0.4) is 0 Å². The van der Waals surface area contributed by atoms with Gasteiger partial charge in [0.2, 0.25) is 0 Å². The molecule has 2 atom stereocenters. The van der Waals surface area contributed by atoms with Gasteiger partial charge in [-0.3, -0.25) is 0 Å². The average Bonchev–Trinajstić information content (AvgIpc) is 2.73. The summed E-state index contributed by atoms with van der Waals surface area (Å²) in [5.74, 6) is 1.27. The Morgan fingerprint density at radius 1 is 0.839 bits per heavy atom. The standard InChI is InChI=1S/C16H18O4S.C7H10O3/c1-11(17)19-13-3-7-15(8-4-13)21-16-9-5-14(6-10-16)20-12(2)18;1-3-5-9-7(8)10-6-4-2/h3-12,17-18H,1-2H3;3-4H,1-2,5-6H2. The van der Waals surface area contributed by atoms with Gasteiger partial charge < -0.3 is 29.2 Å². The Morgan fingerprint density at radius 3 is 1.48 bits per heavy atom. The molecule has 0 spiro atoms. The lowest BCUT2D eigenvalue weighted by Gasteiger charge is -2.10. The van der Waals surface area contributed by atoms with E-state index < -0.39 is 18.7 Å². The second kappa shape index (κ2) is 15.0. The van der Waals surface area contributed by atoms with Gasteiger partial charge in [0.1, 0.15) is 24.7 Å². The van der Waals surface area contributed by atoms with E-state index >= 15 is 0 Å². The lowest BCUT2D eigenvalue weighted by atomic mass is 10.3. The van der Waals surface area contributed by atoms with Gasteiger partial charge in [0.15, 0.2) is 12.6 Å². The minimum absolute atomic E-state index is 0.177. The summed E-state index contributed by atoms with van der Waals surface area (Å²) in [6, 6.07) is 15.0. The predicted molar refractivity (Wildman–Crippen MR) is 119 cm³/mol. The zero-order valence-electron chi connectivity index (χ0n) is 17.6. The Morgan fingerprint density at radius 2 is 1.19 bits per heavy atom. The van der Waals surface area contributed by atoms with Crippen molar-refractivity contribution in [3.05, 3.63) is 73.8 Å². The molecule has 8 heteroatoms. The molecule has 0 aliphatic heterocycles. The fourth-order valence-corrected chi connectivity index (χ4v) is 2.81. The molecule has 0 heterocycles. The summed E-state index contributed by atoms with van der Waals surface area (Å²) in [6.07, 6.45) is 0.611. The van der Waals surface area contributed by atoms with Crippen LogP contribution in [0.5, 0.6) is 11.5 Å². The molecule has 168 valence electrons. The molecule has 0 saturated carbocycles. The van der Waals surface area contributed by atoms with Crippen molar-refractivity contribution >= 4 is 17.9 Å². The van der Waals surface area contributed by atoms with E-state index in [-0.39, 0.29) is 13.2 Å². The van der Waals surface area contributed by atoms with Gasteiger partial charge >= 0.3 is 6.16 Å². The summed E-state index contributed by atoms with van der Waals surface area (Å²) < 4.78 is 19.3. The zero-order valence-corrected chi connectivity index (χ0v) is 18.4. The van der Waals surface area contributed by atoms with Crippen molar-refractivity contribution in [2.45, 2.75) is 36.2 Å². The van der Waals surface area contributed by atoms with Crippen LogP contribution in [0, 0.1) is 0 Å². The van der Waals surface area contributed by atoms with Gasteiger partial charge in [-0.25, -0.2) is 4.79 Å². The molecule has 0 aliphatic rings. The van der Waals surface area contributed by atoms with Crippen LogP contribution < -0.4 is 9.47 Å². The van der Waals surface area contributed by atoms with Crippen molar-refractivity contribution in [2.24, 2.45) is 0 Å². The normalized spacial score (nSPS) is 11.7. The Balaban J connectivity index is 0.000000407. The first-order chi connectivity index (χ1) is 14.8. The van der Waals surface area contributed by atoms with E-state index in [0.717, 1.165) is 9.79 Å². The highest BCUT2D eigenvalue weighted by Gasteiger charge is 2.03. The number of aliphatic hydroxyl groups excluding tert-OH is 2. The maximum absolute atomic E-state index is 10.4. The van der Waals surface area contributed by atoms with Crippen LogP contribution in [-0.2, 0) is 9.47 Å². The van der Waals surface area contributed by atoms with Crippen LogP contribution in [0.4, 0.5) is 4.79 Å². The molecular weight excluding hydrogens is 420 g/mol. The number of hydrogen-bond donors (Lipinski definition) is 2. The van der Waals surface area contributed by atoms with Gasteiger partial charge in [0.25, 0.3) is 0 Å². The van der Waals surface area contributed by atoms with E-state index in [9.17, 15) is 4.79 Å². The number of carbonyl (C=O) groups excluding carboxylic acids is 1. The van der Waals surface area contributed by atoms with Gasteiger partial charge in [0.05, 0.1) is 0 Å². The Kier molecular flexibility index (Phi) is 12.6. The molecule has 2 unspecified atom stereocenters. The largest absolute Gasteiger partial charge is 0.508 e. The number of benzene rings is 2. The first-order valence-corrected chi connectivity index (χ1v) is 10.2.